The van der Waals surface area contributed by atoms with E-state index in [9.17, 15) is 0 Å². The zero-order valence-corrected chi connectivity index (χ0v) is 30.5. The Morgan fingerprint density at radius 3 is 1.66 bits per heavy atom. The van der Waals surface area contributed by atoms with Crippen molar-refractivity contribution in [2.75, 3.05) is 9.80 Å². The summed E-state index contributed by atoms with van der Waals surface area (Å²) in [4.78, 5) is 4.67. The van der Waals surface area contributed by atoms with Crippen molar-refractivity contribution in [3.05, 3.63) is 212 Å². The minimum Gasteiger partial charge on any atom is -0.454 e. The summed E-state index contributed by atoms with van der Waals surface area (Å²) in [6, 6.07) is 75.5. The maximum Gasteiger partial charge on any atom is 0.159 e. The van der Waals surface area contributed by atoms with Crippen LogP contribution in [0.4, 0.5) is 34.1 Å². The predicted octanol–water partition coefficient (Wildman–Crippen LogP) is 14.8. The van der Waals surface area contributed by atoms with Crippen molar-refractivity contribution in [2.24, 2.45) is 0 Å². The van der Waals surface area contributed by atoms with Crippen LogP contribution in [0.3, 0.4) is 0 Å². The molecule has 0 fully saturated rings. The van der Waals surface area contributed by atoms with Gasteiger partial charge in [0.25, 0.3) is 0 Å². The number of para-hydroxylation sites is 5. The average molecular weight is 718 g/mol. The van der Waals surface area contributed by atoms with Gasteiger partial charge in [-0.2, -0.15) is 0 Å². The van der Waals surface area contributed by atoms with Gasteiger partial charge in [-0.25, -0.2) is 0 Å². The zero-order valence-electron chi connectivity index (χ0n) is 30.5. The fourth-order valence-corrected chi connectivity index (χ4v) is 8.40. The van der Waals surface area contributed by atoms with E-state index in [1.165, 1.54) is 21.7 Å². The van der Waals surface area contributed by atoms with Gasteiger partial charge < -0.3 is 18.8 Å². The van der Waals surface area contributed by atoms with Gasteiger partial charge in [-0.3, -0.25) is 0 Å². The largest absolute Gasteiger partial charge is 0.454 e. The van der Waals surface area contributed by atoms with E-state index < -0.39 is 0 Å². The van der Waals surface area contributed by atoms with Gasteiger partial charge in [-0.15, -0.1) is 0 Å². The Bertz CT molecular complexity index is 3200. The fraction of sp³-hybridized carbons (Fsp3) is 0. The van der Waals surface area contributed by atoms with Crippen LogP contribution in [-0.4, -0.2) is 4.57 Å². The number of hydrogen-bond donors (Lipinski definition) is 0. The van der Waals surface area contributed by atoms with E-state index in [1.807, 2.05) is 0 Å². The van der Waals surface area contributed by atoms with E-state index in [1.54, 1.807) is 0 Å². The minimum atomic E-state index is 0.853. The van der Waals surface area contributed by atoms with Gasteiger partial charge in [-0.05, 0) is 102 Å². The molecule has 0 bridgehead atoms. The molecule has 4 nitrogen and oxygen atoms in total. The van der Waals surface area contributed by atoms with Crippen molar-refractivity contribution in [1.82, 2.24) is 4.57 Å². The van der Waals surface area contributed by atoms with E-state index in [0.29, 0.717) is 0 Å². The molecule has 2 aromatic heterocycles. The standard InChI is InChI=1S/C52H35N3O/c1-4-18-38(19-5-1)53(43-30-31-45-44-26-12-13-28-48(44)55(50(45)35-43)40-22-8-3-9-23-40)41-24-14-25-42(34-41)54(39-20-6-2-7-21-39)49-29-15-27-46-47-32-36-16-10-11-17-37(36)33-51(47)56-52(46)49/h1-35H. The third-order valence-electron chi connectivity index (χ3n) is 10.9. The summed E-state index contributed by atoms with van der Waals surface area (Å²) in [7, 11) is 0. The van der Waals surface area contributed by atoms with Crippen molar-refractivity contribution in [1.29, 1.82) is 0 Å². The molecule has 56 heavy (non-hydrogen) atoms. The highest BCUT2D eigenvalue weighted by atomic mass is 16.3. The number of aromatic nitrogens is 1. The molecule has 0 atom stereocenters. The maximum absolute atomic E-state index is 6.79. The second kappa shape index (κ2) is 13.1. The lowest BCUT2D eigenvalue weighted by Gasteiger charge is -2.29. The number of benzene rings is 9. The lowest BCUT2D eigenvalue weighted by atomic mass is 10.1. The molecular formula is C52H35N3O. The second-order valence-electron chi connectivity index (χ2n) is 14.2. The van der Waals surface area contributed by atoms with Crippen molar-refractivity contribution in [2.45, 2.75) is 0 Å². The topological polar surface area (TPSA) is 24.6 Å². The normalized spacial score (nSPS) is 11.6. The molecule has 11 aromatic rings. The number of anilines is 6. The van der Waals surface area contributed by atoms with E-state index in [0.717, 1.165) is 72.7 Å². The van der Waals surface area contributed by atoms with Crippen LogP contribution < -0.4 is 9.80 Å². The summed E-state index contributed by atoms with van der Waals surface area (Å²) >= 11 is 0. The van der Waals surface area contributed by atoms with Crippen LogP contribution in [0, 0.1) is 0 Å². The second-order valence-corrected chi connectivity index (χ2v) is 14.2. The van der Waals surface area contributed by atoms with Gasteiger partial charge in [0, 0.05) is 55.7 Å². The van der Waals surface area contributed by atoms with Gasteiger partial charge in [0.1, 0.15) is 5.58 Å². The minimum absolute atomic E-state index is 0.853. The van der Waals surface area contributed by atoms with Gasteiger partial charge >= 0.3 is 0 Å². The molecule has 2 heterocycles. The third kappa shape index (κ3) is 5.23. The summed E-state index contributed by atoms with van der Waals surface area (Å²) in [5.74, 6) is 0. The Hall–Kier alpha value is -7.56. The molecular weight excluding hydrogens is 683 g/mol. The molecule has 0 saturated heterocycles. The predicted molar refractivity (Wildman–Crippen MR) is 235 cm³/mol. The zero-order chi connectivity index (χ0) is 37.0. The molecule has 0 N–H and O–H groups in total. The molecule has 9 aromatic carbocycles. The van der Waals surface area contributed by atoms with Gasteiger partial charge in [0.15, 0.2) is 5.58 Å². The summed E-state index contributed by atoms with van der Waals surface area (Å²) < 4.78 is 9.17. The van der Waals surface area contributed by atoms with Crippen LogP contribution in [0.2, 0.25) is 0 Å². The van der Waals surface area contributed by atoms with Crippen LogP contribution in [-0.2, 0) is 0 Å². The van der Waals surface area contributed by atoms with Crippen LogP contribution in [0.1, 0.15) is 0 Å². The molecule has 0 aliphatic carbocycles. The lowest BCUT2D eigenvalue weighted by molar-refractivity contribution is 0.669. The SMILES string of the molecule is c1ccc(N(c2cccc(N(c3ccccc3)c3cccc4c3oc3cc5ccccc5cc34)c2)c2ccc3c4ccccc4n(-c4ccccc4)c3c2)cc1. The van der Waals surface area contributed by atoms with Crippen LogP contribution in [0.5, 0.6) is 0 Å². The van der Waals surface area contributed by atoms with Crippen LogP contribution in [0.15, 0.2) is 217 Å². The molecule has 0 spiro atoms. The van der Waals surface area contributed by atoms with Crippen molar-refractivity contribution in [3.63, 3.8) is 0 Å². The summed E-state index contributed by atoms with van der Waals surface area (Å²) in [6.07, 6.45) is 0. The van der Waals surface area contributed by atoms with Crippen LogP contribution in [0.25, 0.3) is 60.2 Å². The molecule has 0 radical (unpaired) electrons. The van der Waals surface area contributed by atoms with Gasteiger partial charge in [0.2, 0.25) is 0 Å². The lowest BCUT2D eigenvalue weighted by Crippen LogP contribution is -2.13. The number of fused-ring (bicyclic) bond motifs is 7. The summed E-state index contributed by atoms with van der Waals surface area (Å²) in [5.41, 5.74) is 11.4. The van der Waals surface area contributed by atoms with E-state index in [2.05, 4.69) is 227 Å². The van der Waals surface area contributed by atoms with Crippen molar-refractivity contribution < 1.29 is 4.42 Å². The fourth-order valence-electron chi connectivity index (χ4n) is 8.40. The molecule has 264 valence electrons. The molecule has 0 aliphatic rings. The first-order chi connectivity index (χ1) is 27.8. The van der Waals surface area contributed by atoms with Crippen LogP contribution >= 0.6 is 0 Å². The Balaban J connectivity index is 1.11. The third-order valence-corrected chi connectivity index (χ3v) is 10.9. The van der Waals surface area contributed by atoms with Crippen molar-refractivity contribution >= 4 is 88.6 Å². The molecule has 0 unspecified atom stereocenters. The van der Waals surface area contributed by atoms with E-state index in [-0.39, 0.29) is 0 Å². The highest BCUT2D eigenvalue weighted by molar-refractivity contribution is 6.14. The number of furan rings is 1. The van der Waals surface area contributed by atoms with Gasteiger partial charge in [0.05, 0.1) is 16.7 Å². The number of hydrogen-bond acceptors (Lipinski definition) is 3. The Kier molecular flexibility index (Phi) is 7.46. The Labute approximate surface area is 324 Å². The van der Waals surface area contributed by atoms with E-state index >= 15 is 0 Å². The smallest absolute Gasteiger partial charge is 0.159 e. The van der Waals surface area contributed by atoms with Gasteiger partial charge in [-0.1, -0.05) is 121 Å². The monoisotopic (exact) mass is 717 g/mol. The maximum atomic E-state index is 6.79. The summed E-state index contributed by atoms with van der Waals surface area (Å²) in [6.45, 7) is 0. The molecule has 0 amide bonds. The molecule has 11 rings (SSSR count). The number of nitrogens with zero attached hydrogens (tertiary/aromatic N) is 3. The summed E-state index contributed by atoms with van der Waals surface area (Å²) in [5, 5.41) is 7.02. The highest BCUT2D eigenvalue weighted by Crippen LogP contribution is 2.45. The number of rotatable bonds is 7. The Morgan fingerprint density at radius 2 is 0.893 bits per heavy atom. The Morgan fingerprint density at radius 1 is 0.339 bits per heavy atom. The average Bonchev–Trinajstić information content (AvgIpc) is 3.79. The first kappa shape index (κ1) is 31.9. The van der Waals surface area contributed by atoms with Crippen molar-refractivity contribution in [3.8, 4) is 5.69 Å². The first-order valence-corrected chi connectivity index (χ1v) is 19.0. The molecule has 0 saturated carbocycles. The quantitative estimate of drug-likeness (QED) is 0.164. The molecule has 0 aliphatic heterocycles. The molecule has 4 heteroatoms. The first-order valence-electron chi connectivity index (χ1n) is 19.0. The van der Waals surface area contributed by atoms with E-state index in [4.69, 9.17) is 4.42 Å². The highest BCUT2D eigenvalue weighted by Gasteiger charge is 2.22.